The van der Waals surface area contributed by atoms with Gasteiger partial charge in [-0.15, -0.1) is 0 Å². The maximum Gasteiger partial charge on any atom is 0.270 e. The molecule has 0 bridgehead atoms. The van der Waals surface area contributed by atoms with E-state index in [-0.39, 0.29) is 5.91 Å². The Hall–Kier alpha value is -1.85. The van der Waals surface area contributed by atoms with E-state index in [9.17, 15) is 4.79 Å². The van der Waals surface area contributed by atoms with Gasteiger partial charge < -0.3 is 10.6 Å². The van der Waals surface area contributed by atoms with Crippen molar-refractivity contribution >= 4 is 40.6 Å². The largest absolute Gasteiger partial charge is 0.351 e. The summed E-state index contributed by atoms with van der Waals surface area (Å²) in [6, 6.07) is 6.79. The van der Waals surface area contributed by atoms with Crippen LogP contribution in [0.1, 0.15) is 36.6 Å². The first-order valence-corrected chi connectivity index (χ1v) is 8.47. The van der Waals surface area contributed by atoms with E-state index in [0.29, 0.717) is 45.5 Å². The number of aromatic nitrogens is 2. The number of nitrogens with one attached hydrogen (secondary N) is 2. The van der Waals surface area contributed by atoms with E-state index in [1.54, 1.807) is 31.2 Å². The minimum absolute atomic E-state index is 0.227. The number of benzene rings is 1. The van der Waals surface area contributed by atoms with Crippen LogP contribution in [0.25, 0.3) is 0 Å². The van der Waals surface area contributed by atoms with E-state index in [1.165, 1.54) is 0 Å². The Morgan fingerprint density at radius 3 is 2.50 bits per heavy atom. The first-order chi connectivity index (χ1) is 11.4. The molecule has 0 aliphatic heterocycles. The van der Waals surface area contributed by atoms with Crippen LogP contribution in [0.15, 0.2) is 24.3 Å². The van der Waals surface area contributed by atoms with Crippen LogP contribution in [0, 0.1) is 12.8 Å². The lowest BCUT2D eigenvalue weighted by atomic mass is 10.1. The molecule has 1 heterocycles. The zero-order valence-electron chi connectivity index (χ0n) is 13.9. The zero-order chi connectivity index (χ0) is 17.7. The van der Waals surface area contributed by atoms with E-state index in [2.05, 4.69) is 34.4 Å². The lowest BCUT2D eigenvalue weighted by molar-refractivity contribution is 0.0946. The summed E-state index contributed by atoms with van der Waals surface area (Å²) in [5.41, 5.74) is 0.849. The quantitative estimate of drug-likeness (QED) is 0.782. The topological polar surface area (TPSA) is 66.9 Å². The van der Waals surface area contributed by atoms with Crippen molar-refractivity contribution in [2.75, 3.05) is 11.9 Å². The molecule has 1 amide bonds. The van der Waals surface area contributed by atoms with Gasteiger partial charge >= 0.3 is 0 Å². The summed E-state index contributed by atoms with van der Waals surface area (Å²) in [6.07, 6.45) is 0.913. The van der Waals surface area contributed by atoms with Gasteiger partial charge in [0, 0.05) is 12.6 Å². The molecule has 1 aromatic carbocycles. The Kier molecular flexibility index (Phi) is 6.40. The van der Waals surface area contributed by atoms with E-state index in [0.717, 1.165) is 6.42 Å². The van der Waals surface area contributed by atoms with Crippen LogP contribution < -0.4 is 10.6 Å². The summed E-state index contributed by atoms with van der Waals surface area (Å²) in [4.78, 5) is 20.7. The van der Waals surface area contributed by atoms with Crippen molar-refractivity contribution in [3.63, 3.8) is 0 Å². The highest BCUT2D eigenvalue weighted by Crippen LogP contribution is 2.32. The van der Waals surface area contributed by atoms with Gasteiger partial charge in [-0.2, -0.15) is 0 Å². The smallest absolute Gasteiger partial charge is 0.270 e. The highest BCUT2D eigenvalue weighted by molar-refractivity contribution is 6.39. The summed E-state index contributed by atoms with van der Waals surface area (Å²) < 4.78 is 0. The fourth-order valence-electron chi connectivity index (χ4n) is 2.06. The van der Waals surface area contributed by atoms with Gasteiger partial charge in [-0.05, 0) is 31.4 Å². The average Bonchev–Trinajstić information content (AvgIpc) is 2.50. The molecule has 2 rings (SSSR count). The number of rotatable bonds is 6. The molecule has 2 N–H and O–H groups in total. The molecule has 2 aromatic rings. The minimum Gasteiger partial charge on any atom is -0.351 e. The van der Waals surface area contributed by atoms with Crippen LogP contribution in [0.4, 0.5) is 11.5 Å². The predicted molar refractivity (Wildman–Crippen MR) is 98.3 cm³/mol. The SMILES string of the molecule is Cc1nc(Nc2c(Cl)cccc2Cl)cc(C(=O)NCCC(C)C)n1. The Balaban J connectivity index is 2.18. The molecule has 24 heavy (non-hydrogen) atoms. The summed E-state index contributed by atoms with van der Waals surface area (Å²) >= 11 is 12.3. The molecule has 0 aliphatic carbocycles. The number of hydrogen-bond acceptors (Lipinski definition) is 4. The highest BCUT2D eigenvalue weighted by Gasteiger charge is 2.12. The maximum absolute atomic E-state index is 12.2. The van der Waals surface area contributed by atoms with Crippen molar-refractivity contribution in [1.29, 1.82) is 0 Å². The number of amides is 1. The molecule has 0 spiro atoms. The molecule has 128 valence electrons. The molecule has 1 aromatic heterocycles. The van der Waals surface area contributed by atoms with E-state index in [1.807, 2.05) is 0 Å². The molecule has 0 unspecified atom stereocenters. The fraction of sp³-hybridized carbons (Fsp3) is 0.353. The van der Waals surface area contributed by atoms with Crippen LogP contribution >= 0.6 is 23.2 Å². The predicted octanol–water partition coefficient (Wildman–Crippen LogP) is 4.61. The van der Waals surface area contributed by atoms with Gasteiger partial charge in [0.15, 0.2) is 0 Å². The standard InChI is InChI=1S/C17H20Cl2N4O/c1-10(2)7-8-20-17(24)14-9-15(22-11(3)21-14)23-16-12(18)5-4-6-13(16)19/h4-6,9-10H,7-8H2,1-3H3,(H,20,24)(H,21,22,23). The highest BCUT2D eigenvalue weighted by atomic mass is 35.5. The van der Waals surface area contributed by atoms with Crippen LogP contribution in [0.3, 0.4) is 0 Å². The maximum atomic E-state index is 12.2. The van der Waals surface area contributed by atoms with Gasteiger partial charge in [0.05, 0.1) is 15.7 Å². The van der Waals surface area contributed by atoms with Gasteiger partial charge in [-0.3, -0.25) is 4.79 Å². The zero-order valence-corrected chi connectivity index (χ0v) is 15.4. The van der Waals surface area contributed by atoms with Crippen LogP contribution in [-0.2, 0) is 0 Å². The van der Waals surface area contributed by atoms with E-state index in [4.69, 9.17) is 23.2 Å². The number of para-hydroxylation sites is 1. The number of nitrogens with zero attached hydrogens (tertiary/aromatic N) is 2. The van der Waals surface area contributed by atoms with E-state index < -0.39 is 0 Å². The van der Waals surface area contributed by atoms with Crippen molar-refractivity contribution in [2.24, 2.45) is 5.92 Å². The third kappa shape index (κ3) is 5.08. The number of carbonyl (C=O) groups excluding carboxylic acids is 1. The lowest BCUT2D eigenvalue weighted by Crippen LogP contribution is -2.26. The Morgan fingerprint density at radius 1 is 1.21 bits per heavy atom. The fourth-order valence-corrected chi connectivity index (χ4v) is 2.55. The molecule has 0 aliphatic rings. The monoisotopic (exact) mass is 366 g/mol. The Morgan fingerprint density at radius 2 is 1.88 bits per heavy atom. The number of carbonyl (C=O) groups is 1. The first kappa shape index (κ1) is 18.5. The minimum atomic E-state index is -0.227. The van der Waals surface area contributed by atoms with Crippen molar-refractivity contribution < 1.29 is 4.79 Å². The second kappa shape index (κ2) is 8.31. The normalized spacial score (nSPS) is 10.8. The molecule has 0 atom stereocenters. The third-order valence-corrected chi connectivity index (χ3v) is 3.92. The molecular formula is C17H20Cl2N4O. The Labute approximate surface area is 151 Å². The Bertz CT molecular complexity index is 714. The van der Waals surface area contributed by atoms with Gasteiger partial charge in [-0.25, -0.2) is 9.97 Å². The first-order valence-electron chi connectivity index (χ1n) is 7.71. The molecule has 5 nitrogen and oxygen atoms in total. The molecule has 7 heteroatoms. The summed E-state index contributed by atoms with van der Waals surface area (Å²) in [5, 5.41) is 6.87. The van der Waals surface area contributed by atoms with Gasteiger partial charge in [0.2, 0.25) is 0 Å². The molecule has 0 saturated heterocycles. The molecule has 0 saturated carbocycles. The van der Waals surface area contributed by atoms with Gasteiger partial charge in [0.25, 0.3) is 5.91 Å². The number of hydrogen-bond donors (Lipinski definition) is 2. The molecule has 0 fully saturated rings. The number of anilines is 2. The average molecular weight is 367 g/mol. The van der Waals surface area contributed by atoms with Crippen molar-refractivity contribution in [3.05, 3.63) is 45.8 Å². The van der Waals surface area contributed by atoms with Crippen LogP contribution in [0.5, 0.6) is 0 Å². The number of aryl methyl sites for hydroxylation is 1. The van der Waals surface area contributed by atoms with Gasteiger partial charge in [0.1, 0.15) is 17.3 Å². The van der Waals surface area contributed by atoms with Crippen molar-refractivity contribution in [1.82, 2.24) is 15.3 Å². The van der Waals surface area contributed by atoms with Crippen LogP contribution in [0.2, 0.25) is 10.0 Å². The third-order valence-electron chi connectivity index (χ3n) is 3.29. The van der Waals surface area contributed by atoms with Crippen molar-refractivity contribution in [2.45, 2.75) is 27.2 Å². The second-order valence-corrected chi connectivity index (χ2v) is 6.66. The molecular weight excluding hydrogens is 347 g/mol. The van der Waals surface area contributed by atoms with Crippen molar-refractivity contribution in [3.8, 4) is 0 Å². The number of halogens is 2. The summed E-state index contributed by atoms with van der Waals surface area (Å²) in [7, 11) is 0. The second-order valence-electron chi connectivity index (χ2n) is 5.85. The molecule has 0 radical (unpaired) electrons. The summed E-state index contributed by atoms with van der Waals surface area (Å²) in [6.45, 7) is 6.55. The summed E-state index contributed by atoms with van der Waals surface area (Å²) in [5.74, 6) is 1.25. The van der Waals surface area contributed by atoms with Gasteiger partial charge in [-0.1, -0.05) is 43.1 Å². The van der Waals surface area contributed by atoms with E-state index >= 15 is 0 Å². The lowest BCUT2D eigenvalue weighted by Gasteiger charge is -2.12. The van der Waals surface area contributed by atoms with Crippen LogP contribution in [-0.4, -0.2) is 22.4 Å².